The summed E-state index contributed by atoms with van der Waals surface area (Å²) in [5.74, 6) is -0.849. The van der Waals surface area contributed by atoms with Gasteiger partial charge in [-0.3, -0.25) is 0 Å². The third-order valence-corrected chi connectivity index (χ3v) is 4.43. The van der Waals surface area contributed by atoms with E-state index in [1.807, 2.05) is 6.92 Å². The normalized spacial score (nSPS) is 11.9. The van der Waals surface area contributed by atoms with Gasteiger partial charge < -0.3 is 19.4 Å². The molecule has 0 radical (unpaired) electrons. The smallest absolute Gasteiger partial charge is 0.416 e. The highest BCUT2D eigenvalue weighted by Crippen LogP contribution is 2.37. The number of anilines is 1. The van der Waals surface area contributed by atoms with E-state index >= 15 is 0 Å². The quantitative estimate of drug-likeness (QED) is 0.296. The predicted octanol–water partition coefficient (Wildman–Crippen LogP) is 5.72. The molecular weight excluding hydrogens is 460 g/mol. The molecule has 0 bridgehead atoms. The Bertz CT molecular complexity index is 939. The molecule has 1 aromatic carbocycles. The maximum absolute atomic E-state index is 13.1. The van der Waals surface area contributed by atoms with Gasteiger partial charge in [-0.1, -0.05) is 19.8 Å². The number of unbranched alkanes of at least 4 members (excludes halogenated alkanes) is 2. The van der Waals surface area contributed by atoms with Crippen molar-refractivity contribution in [3.63, 3.8) is 0 Å². The van der Waals surface area contributed by atoms with Crippen molar-refractivity contribution in [2.45, 2.75) is 45.1 Å². The number of urea groups is 1. The van der Waals surface area contributed by atoms with Crippen molar-refractivity contribution in [2.24, 2.45) is 0 Å². The van der Waals surface area contributed by atoms with Crippen molar-refractivity contribution >= 4 is 17.7 Å². The molecule has 0 spiro atoms. The van der Waals surface area contributed by atoms with Gasteiger partial charge in [-0.05, 0) is 24.6 Å². The van der Waals surface area contributed by atoms with Crippen LogP contribution in [0.5, 0.6) is 0 Å². The van der Waals surface area contributed by atoms with Gasteiger partial charge in [0, 0.05) is 12.2 Å². The number of halogens is 6. The van der Waals surface area contributed by atoms with E-state index in [0.29, 0.717) is 25.0 Å². The molecule has 7 nitrogen and oxygen atoms in total. The lowest BCUT2D eigenvalue weighted by Crippen LogP contribution is -2.35. The molecule has 0 fully saturated rings. The van der Waals surface area contributed by atoms with Crippen molar-refractivity contribution in [1.29, 1.82) is 0 Å². The van der Waals surface area contributed by atoms with Crippen LogP contribution in [0.3, 0.4) is 0 Å². The van der Waals surface area contributed by atoms with Gasteiger partial charge in [0.1, 0.15) is 6.26 Å². The molecule has 0 aliphatic heterocycles. The lowest BCUT2D eigenvalue weighted by atomic mass is 10.1. The van der Waals surface area contributed by atoms with Crippen LogP contribution in [0.2, 0.25) is 0 Å². The molecule has 2 aromatic rings. The van der Waals surface area contributed by atoms with Crippen LogP contribution in [0, 0.1) is 0 Å². The number of nitrogens with one attached hydrogen (secondary N) is 1. The number of rotatable bonds is 8. The number of benzene rings is 1. The summed E-state index contributed by atoms with van der Waals surface area (Å²) in [5, 5.41) is 2.08. The third-order valence-electron chi connectivity index (χ3n) is 4.43. The molecule has 13 heteroatoms. The van der Waals surface area contributed by atoms with Crippen LogP contribution in [0.1, 0.15) is 53.7 Å². The van der Waals surface area contributed by atoms with Crippen LogP contribution in [-0.4, -0.2) is 35.5 Å². The molecule has 0 aliphatic carbocycles. The van der Waals surface area contributed by atoms with E-state index in [-0.39, 0.29) is 30.7 Å². The Hall–Kier alpha value is -3.25. The first-order valence-corrected chi connectivity index (χ1v) is 9.73. The summed E-state index contributed by atoms with van der Waals surface area (Å²) in [6.45, 7) is 1.74. The standard InChI is InChI=1S/C20H21F6N3O4/c1-3-4-5-6-29(10-16-28-15(11-33-16)17(30)32-2)18(31)27-14-8-12(19(21,22)23)7-13(9-14)20(24,25)26/h7-9,11H,3-6,10H2,1-2H3,(H,27,31). The van der Waals surface area contributed by atoms with Crippen molar-refractivity contribution in [3.8, 4) is 0 Å². The number of amides is 2. The van der Waals surface area contributed by atoms with Crippen LogP contribution < -0.4 is 5.32 Å². The Morgan fingerprint density at radius 2 is 1.67 bits per heavy atom. The summed E-state index contributed by atoms with van der Waals surface area (Å²) in [4.78, 5) is 29.2. The average molecular weight is 481 g/mol. The Labute approximate surface area is 184 Å². The summed E-state index contributed by atoms with van der Waals surface area (Å²) in [6, 6.07) is -0.165. The van der Waals surface area contributed by atoms with Gasteiger partial charge in [0.2, 0.25) is 5.89 Å². The lowest BCUT2D eigenvalue weighted by Gasteiger charge is -2.22. The van der Waals surface area contributed by atoms with Gasteiger partial charge in [-0.15, -0.1) is 0 Å². The first-order valence-electron chi connectivity index (χ1n) is 9.73. The van der Waals surface area contributed by atoms with Gasteiger partial charge in [0.25, 0.3) is 0 Å². The zero-order chi connectivity index (χ0) is 24.8. The summed E-state index contributed by atoms with van der Waals surface area (Å²) in [5.41, 5.74) is -3.94. The first kappa shape index (κ1) is 26.0. The minimum absolute atomic E-state index is 0.0320. The molecule has 1 heterocycles. The Morgan fingerprint density at radius 3 is 2.18 bits per heavy atom. The highest BCUT2D eigenvalue weighted by atomic mass is 19.4. The second-order valence-electron chi connectivity index (χ2n) is 6.97. The van der Waals surface area contributed by atoms with Crippen molar-refractivity contribution in [2.75, 3.05) is 19.0 Å². The molecule has 0 unspecified atom stereocenters. The molecule has 33 heavy (non-hydrogen) atoms. The Kier molecular flexibility index (Phi) is 8.34. The van der Waals surface area contributed by atoms with Crippen molar-refractivity contribution < 1.29 is 45.1 Å². The number of carbonyl (C=O) groups is 2. The SMILES string of the molecule is CCCCCN(Cc1nc(C(=O)OC)co1)C(=O)Nc1cc(C(F)(F)F)cc(C(F)(F)F)c1. The monoisotopic (exact) mass is 481 g/mol. The molecule has 1 aromatic heterocycles. The molecule has 2 rings (SSSR count). The lowest BCUT2D eigenvalue weighted by molar-refractivity contribution is -0.143. The summed E-state index contributed by atoms with van der Waals surface area (Å²) < 4.78 is 88.1. The van der Waals surface area contributed by atoms with E-state index < -0.39 is 41.2 Å². The first-order chi connectivity index (χ1) is 15.3. The van der Waals surface area contributed by atoms with Gasteiger partial charge in [0.05, 0.1) is 24.8 Å². The molecule has 2 amide bonds. The number of aromatic nitrogens is 1. The minimum Gasteiger partial charge on any atom is -0.464 e. The molecule has 0 saturated heterocycles. The van der Waals surface area contributed by atoms with Gasteiger partial charge >= 0.3 is 24.4 Å². The molecular formula is C20H21F6N3O4. The maximum Gasteiger partial charge on any atom is 0.416 e. The Balaban J connectivity index is 2.29. The third kappa shape index (κ3) is 7.39. The van der Waals surface area contributed by atoms with E-state index in [4.69, 9.17) is 4.42 Å². The number of esters is 1. The van der Waals surface area contributed by atoms with Crippen LogP contribution >= 0.6 is 0 Å². The van der Waals surface area contributed by atoms with Crippen LogP contribution in [-0.2, 0) is 23.6 Å². The number of methoxy groups -OCH3 is 1. The van der Waals surface area contributed by atoms with Gasteiger partial charge in [-0.25, -0.2) is 14.6 Å². The largest absolute Gasteiger partial charge is 0.464 e. The second-order valence-corrected chi connectivity index (χ2v) is 6.97. The Morgan fingerprint density at radius 1 is 1.06 bits per heavy atom. The molecule has 182 valence electrons. The minimum atomic E-state index is -5.05. The average Bonchev–Trinajstić information content (AvgIpc) is 3.19. The van der Waals surface area contributed by atoms with E-state index in [1.54, 1.807) is 0 Å². The van der Waals surface area contributed by atoms with Crippen molar-refractivity contribution in [1.82, 2.24) is 9.88 Å². The van der Waals surface area contributed by atoms with E-state index in [2.05, 4.69) is 15.0 Å². The highest BCUT2D eigenvalue weighted by Gasteiger charge is 2.37. The number of hydrogen-bond donors (Lipinski definition) is 1. The molecule has 0 aliphatic rings. The molecule has 1 N–H and O–H groups in total. The zero-order valence-electron chi connectivity index (χ0n) is 17.6. The summed E-state index contributed by atoms with van der Waals surface area (Å²) in [6.07, 6.45) is -7.08. The fraction of sp³-hybridized carbons (Fsp3) is 0.450. The number of carbonyl (C=O) groups excluding carboxylic acids is 2. The maximum atomic E-state index is 13.1. The predicted molar refractivity (Wildman–Crippen MR) is 103 cm³/mol. The van der Waals surface area contributed by atoms with Crippen LogP contribution in [0.4, 0.5) is 36.8 Å². The zero-order valence-corrected chi connectivity index (χ0v) is 17.6. The number of nitrogens with zero attached hydrogens (tertiary/aromatic N) is 2. The van der Waals surface area contributed by atoms with Crippen LogP contribution in [0.25, 0.3) is 0 Å². The fourth-order valence-corrected chi connectivity index (χ4v) is 2.78. The summed E-state index contributed by atoms with van der Waals surface area (Å²) in [7, 11) is 1.13. The molecule has 0 atom stereocenters. The van der Waals surface area contributed by atoms with E-state index in [1.165, 1.54) is 0 Å². The summed E-state index contributed by atoms with van der Waals surface area (Å²) >= 11 is 0. The van der Waals surface area contributed by atoms with E-state index in [0.717, 1.165) is 24.7 Å². The molecule has 0 saturated carbocycles. The van der Waals surface area contributed by atoms with Gasteiger partial charge in [0.15, 0.2) is 5.69 Å². The second kappa shape index (κ2) is 10.6. The topological polar surface area (TPSA) is 84.7 Å². The fourth-order valence-electron chi connectivity index (χ4n) is 2.78. The number of oxazole rings is 1. The number of hydrogen-bond acceptors (Lipinski definition) is 5. The van der Waals surface area contributed by atoms with E-state index in [9.17, 15) is 35.9 Å². The van der Waals surface area contributed by atoms with Crippen LogP contribution in [0.15, 0.2) is 28.9 Å². The number of alkyl halides is 6. The number of ether oxygens (including phenoxy) is 1. The van der Waals surface area contributed by atoms with Crippen molar-refractivity contribution in [3.05, 3.63) is 47.2 Å². The van der Waals surface area contributed by atoms with Gasteiger partial charge in [-0.2, -0.15) is 26.3 Å². The highest BCUT2D eigenvalue weighted by molar-refractivity contribution is 5.89.